The van der Waals surface area contributed by atoms with Gasteiger partial charge in [-0.2, -0.15) is 0 Å². The van der Waals surface area contributed by atoms with Gasteiger partial charge in [0, 0.05) is 26.2 Å². The Morgan fingerprint density at radius 2 is 2.24 bits per heavy atom. The number of nitrogens with one attached hydrogen (secondary N) is 1. The van der Waals surface area contributed by atoms with Crippen LogP contribution >= 0.6 is 0 Å². The van der Waals surface area contributed by atoms with E-state index < -0.39 is 18.3 Å². The van der Waals surface area contributed by atoms with Crippen molar-refractivity contribution >= 4 is 5.91 Å². The minimum absolute atomic E-state index is 0.272. The molecule has 1 unspecified atom stereocenters. The van der Waals surface area contributed by atoms with Crippen LogP contribution in [0.2, 0.25) is 0 Å². The molecule has 0 bridgehead atoms. The third-order valence-electron chi connectivity index (χ3n) is 3.20. The highest BCUT2D eigenvalue weighted by Crippen LogP contribution is 2.24. The second-order valence-electron chi connectivity index (χ2n) is 4.79. The molecule has 1 aliphatic heterocycles. The Balaban J connectivity index is 2.08. The number of nitrogens with two attached hydrogens (primary N) is 1. The van der Waals surface area contributed by atoms with E-state index in [1.54, 1.807) is 6.07 Å². The van der Waals surface area contributed by atoms with Gasteiger partial charge in [-0.3, -0.25) is 9.69 Å². The van der Waals surface area contributed by atoms with Gasteiger partial charge >= 0.3 is 6.36 Å². The molecule has 1 fully saturated rings. The molecule has 0 radical (unpaired) electrons. The molecule has 1 aromatic carbocycles. The van der Waals surface area contributed by atoms with Gasteiger partial charge < -0.3 is 15.8 Å². The first-order valence-electron chi connectivity index (χ1n) is 6.44. The lowest BCUT2D eigenvalue weighted by Gasteiger charge is -2.34. The van der Waals surface area contributed by atoms with Crippen molar-refractivity contribution in [3.05, 3.63) is 29.8 Å². The molecule has 0 saturated carbocycles. The highest BCUT2D eigenvalue weighted by Gasteiger charge is 2.31. The summed E-state index contributed by atoms with van der Waals surface area (Å²) in [7, 11) is 0. The highest BCUT2D eigenvalue weighted by molar-refractivity contribution is 5.80. The molecule has 1 heterocycles. The topological polar surface area (TPSA) is 67.6 Å². The SMILES string of the molecule is NC(=O)C1CNCCN1Cc1cccc(OC(F)(F)F)c1. The summed E-state index contributed by atoms with van der Waals surface area (Å²) in [5, 5.41) is 3.06. The quantitative estimate of drug-likeness (QED) is 0.865. The summed E-state index contributed by atoms with van der Waals surface area (Å²) in [6.07, 6.45) is -4.72. The van der Waals surface area contributed by atoms with E-state index in [9.17, 15) is 18.0 Å². The molecule has 0 aromatic heterocycles. The summed E-state index contributed by atoms with van der Waals surface area (Å²) in [4.78, 5) is 13.2. The number of rotatable bonds is 4. The normalized spacial score (nSPS) is 20.2. The van der Waals surface area contributed by atoms with Crippen molar-refractivity contribution in [1.29, 1.82) is 0 Å². The van der Waals surface area contributed by atoms with Crippen molar-refractivity contribution in [3.8, 4) is 5.75 Å². The molecule has 5 nitrogen and oxygen atoms in total. The van der Waals surface area contributed by atoms with Crippen LogP contribution in [-0.4, -0.2) is 42.8 Å². The number of amides is 1. The maximum absolute atomic E-state index is 12.2. The monoisotopic (exact) mass is 303 g/mol. The van der Waals surface area contributed by atoms with E-state index in [1.165, 1.54) is 18.2 Å². The molecule has 1 atom stereocenters. The standard InChI is InChI=1S/C13H16F3N3O2/c14-13(15,16)21-10-3-1-2-9(6-10)8-19-5-4-18-7-11(19)12(17)20/h1-3,6,11,18H,4-5,7-8H2,(H2,17,20). The maximum Gasteiger partial charge on any atom is 0.573 e. The van der Waals surface area contributed by atoms with Crippen molar-refractivity contribution in [2.75, 3.05) is 19.6 Å². The minimum atomic E-state index is -4.72. The molecule has 1 aliphatic rings. The van der Waals surface area contributed by atoms with Gasteiger partial charge in [0.1, 0.15) is 11.8 Å². The van der Waals surface area contributed by atoms with Gasteiger partial charge in [-0.15, -0.1) is 13.2 Å². The van der Waals surface area contributed by atoms with Crippen LogP contribution in [0.25, 0.3) is 0 Å². The summed E-state index contributed by atoms with van der Waals surface area (Å²) < 4.78 is 40.5. The molecule has 116 valence electrons. The number of nitrogens with zero attached hydrogens (tertiary/aromatic N) is 1. The molecule has 1 saturated heterocycles. The first-order valence-corrected chi connectivity index (χ1v) is 6.44. The summed E-state index contributed by atoms with van der Waals surface area (Å²) in [6.45, 7) is 2.07. The Bertz CT molecular complexity index is 508. The van der Waals surface area contributed by atoms with Crippen LogP contribution in [0, 0.1) is 0 Å². The van der Waals surface area contributed by atoms with Gasteiger partial charge in [0.05, 0.1) is 0 Å². The molecular formula is C13H16F3N3O2. The summed E-state index contributed by atoms with van der Waals surface area (Å²) >= 11 is 0. The predicted octanol–water partition coefficient (Wildman–Crippen LogP) is 0.844. The second-order valence-corrected chi connectivity index (χ2v) is 4.79. The zero-order valence-electron chi connectivity index (χ0n) is 11.2. The molecule has 3 N–H and O–H groups in total. The molecule has 8 heteroatoms. The molecule has 2 rings (SSSR count). The summed E-state index contributed by atoms with van der Waals surface area (Å²) in [5.74, 6) is -0.726. The molecular weight excluding hydrogens is 287 g/mol. The molecule has 1 amide bonds. The number of carbonyl (C=O) groups is 1. The maximum atomic E-state index is 12.2. The van der Waals surface area contributed by atoms with E-state index in [0.29, 0.717) is 31.7 Å². The average molecular weight is 303 g/mol. The Hall–Kier alpha value is -1.80. The Labute approximate surface area is 119 Å². The van der Waals surface area contributed by atoms with E-state index >= 15 is 0 Å². The van der Waals surface area contributed by atoms with Gasteiger partial charge in [0.15, 0.2) is 0 Å². The third-order valence-corrected chi connectivity index (χ3v) is 3.20. The number of halogens is 3. The van der Waals surface area contributed by atoms with Crippen LogP contribution in [0.3, 0.4) is 0 Å². The van der Waals surface area contributed by atoms with Crippen LogP contribution in [0.1, 0.15) is 5.56 Å². The van der Waals surface area contributed by atoms with Crippen LogP contribution < -0.4 is 15.8 Å². The van der Waals surface area contributed by atoms with Crippen molar-refractivity contribution in [3.63, 3.8) is 0 Å². The van der Waals surface area contributed by atoms with Gasteiger partial charge in [-0.25, -0.2) is 0 Å². The number of piperazine rings is 1. The predicted molar refractivity (Wildman–Crippen MR) is 69.4 cm³/mol. The lowest BCUT2D eigenvalue weighted by Crippen LogP contribution is -2.56. The highest BCUT2D eigenvalue weighted by atomic mass is 19.4. The fourth-order valence-corrected chi connectivity index (χ4v) is 2.29. The molecule has 0 spiro atoms. The number of hydrogen-bond donors (Lipinski definition) is 2. The fraction of sp³-hybridized carbons (Fsp3) is 0.462. The minimum Gasteiger partial charge on any atom is -0.406 e. The van der Waals surface area contributed by atoms with Gasteiger partial charge in [-0.05, 0) is 17.7 Å². The number of ether oxygens (including phenoxy) is 1. The second kappa shape index (κ2) is 6.31. The lowest BCUT2D eigenvalue weighted by atomic mass is 10.1. The number of primary amides is 1. The molecule has 0 aliphatic carbocycles. The zero-order chi connectivity index (χ0) is 15.5. The molecule has 21 heavy (non-hydrogen) atoms. The Kier molecular flexibility index (Phi) is 4.69. The smallest absolute Gasteiger partial charge is 0.406 e. The van der Waals surface area contributed by atoms with Crippen molar-refractivity contribution < 1.29 is 22.7 Å². The summed E-state index contributed by atoms with van der Waals surface area (Å²) in [6, 6.07) is 5.25. The summed E-state index contributed by atoms with van der Waals surface area (Å²) in [5.41, 5.74) is 5.96. The first kappa shape index (κ1) is 15.6. The lowest BCUT2D eigenvalue weighted by molar-refractivity contribution is -0.274. The number of hydrogen-bond acceptors (Lipinski definition) is 4. The van der Waals surface area contributed by atoms with E-state index in [4.69, 9.17) is 5.73 Å². The van der Waals surface area contributed by atoms with Crippen LogP contribution in [-0.2, 0) is 11.3 Å². The van der Waals surface area contributed by atoms with Gasteiger partial charge in [0.25, 0.3) is 0 Å². The van der Waals surface area contributed by atoms with Crippen molar-refractivity contribution in [1.82, 2.24) is 10.2 Å². The van der Waals surface area contributed by atoms with Crippen LogP contribution in [0.15, 0.2) is 24.3 Å². The third kappa shape index (κ3) is 4.61. The number of carbonyl (C=O) groups excluding carboxylic acids is 1. The average Bonchev–Trinajstić information content (AvgIpc) is 2.37. The number of alkyl halides is 3. The Morgan fingerprint density at radius 3 is 2.90 bits per heavy atom. The molecule has 1 aromatic rings. The van der Waals surface area contributed by atoms with E-state index in [2.05, 4.69) is 10.1 Å². The fourth-order valence-electron chi connectivity index (χ4n) is 2.29. The first-order chi connectivity index (χ1) is 9.85. The zero-order valence-corrected chi connectivity index (χ0v) is 11.2. The van der Waals surface area contributed by atoms with E-state index in [1.807, 2.05) is 4.90 Å². The van der Waals surface area contributed by atoms with Crippen molar-refractivity contribution in [2.45, 2.75) is 18.9 Å². The van der Waals surface area contributed by atoms with E-state index in [0.717, 1.165) is 0 Å². The van der Waals surface area contributed by atoms with Gasteiger partial charge in [-0.1, -0.05) is 12.1 Å². The Morgan fingerprint density at radius 1 is 1.48 bits per heavy atom. The van der Waals surface area contributed by atoms with Crippen LogP contribution in [0.5, 0.6) is 5.75 Å². The van der Waals surface area contributed by atoms with Crippen LogP contribution in [0.4, 0.5) is 13.2 Å². The van der Waals surface area contributed by atoms with E-state index in [-0.39, 0.29) is 5.75 Å². The van der Waals surface area contributed by atoms with Crippen molar-refractivity contribution in [2.24, 2.45) is 5.73 Å². The largest absolute Gasteiger partial charge is 0.573 e. The number of benzene rings is 1. The van der Waals surface area contributed by atoms with Gasteiger partial charge in [0.2, 0.25) is 5.91 Å².